The SMILES string of the molecule is Cc1cc(C)cc(NC(N)=NCCNS(=O)(=O)c2ccc(C)s2)c1.I. The number of aliphatic imine (C=N–C) groups is 1. The summed E-state index contributed by atoms with van der Waals surface area (Å²) in [5.41, 5.74) is 8.96. The van der Waals surface area contributed by atoms with Crippen molar-refractivity contribution in [3.63, 3.8) is 0 Å². The summed E-state index contributed by atoms with van der Waals surface area (Å²) in [5.74, 6) is 0.256. The first-order chi connectivity index (χ1) is 11.3. The van der Waals surface area contributed by atoms with Crippen molar-refractivity contribution in [3.05, 3.63) is 46.3 Å². The summed E-state index contributed by atoms with van der Waals surface area (Å²) < 4.78 is 26.9. The number of thiophene rings is 1. The molecule has 25 heavy (non-hydrogen) atoms. The van der Waals surface area contributed by atoms with Gasteiger partial charge in [-0.2, -0.15) is 0 Å². The summed E-state index contributed by atoms with van der Waals surface area (Å²) in [6, 6.07) is 9.39. The van der Waals surface area contributed by atoms with Crippen LogP contribution in [0.15, 0.2) is 39.5 Å². The van der Waals surface area contributed by atoms with Gasteiger partial charge in [0, 0.05) is 17.1 Å². The van der Waals surface area contributed by atoms with Crippen molar-refractivity contribution in [1.29, 1.82) is 0 Å². The van der Waals surface area contributed by atoms with E-state index in [1.807, 2.05) is 32.9 Å². The van der Waals surface area contributed by atoms with Crippen molar-refractivity contribution in [2.75, 3.05) is 18.4 Å². The molecule has 0 aliphatic carbocycles. The number of rotatable bonds is 6. The highest BCUT2D eigenvalue weighted by Crippen LogP contribution is 2.20. The lowest BCUT2D eigenvalue weighted by molar-refractivity contribution is 0.584. The van der Waals surface area contributed by atoms with Gasteiger partial charge in [0.25, 0.3) is 0 Å². The van der Waals surface area contributed by atoms with Gasteiger partial charge in [0.05, 0.1) is 6.54 Å². The summed E-state index contributed by atoms with van der Waals surface area (Å²) >= 11 is 1.24. The molecule has 1 aromatic heterocycles. The van der Waals surface area contributed by atoms with Crippen molar-refractivity contribution in [3.8, 4) is 0 Å². The smallest absolute Gasteiger partial charge is 0.250 e. The molecule has 0 spiro atoms. The van der Waals surface area contributed by atoms with Crippen molar-refractivity contribution < 1.29 is 8.42 Å². The standard InChI is InChI=1S/C16H22N4O2S2.HI/c1-11-8-12(2)10-14(9-11)20-16(17)18-6-7-19-24(21,22)15-5-4-13(3)23-15;/h4-5,8-10,19H,6-7H2,1-3H3,(H3,17,18,20);1H. The lowest BCUT2D eigenvalue weighted by Crippen LogP contribution is -2.28. The van der Waals surface area contributed by atoms with Gasteiger partial charge in [-0.05, 0) is 56.2 Å². The predicted molar refractivity (Wildman–Crippen MR) is 116 cm³/mol. The number of nitrogens with one attached hydrogen (secondary N) is 2. The number of nitrogens with two attached hydrogens (primary N) is 1. The van der Waals surface area contributed by atoms with Crippen LogP contribution in [0.4, 0.5) is 5.69 Å². The highest BCUT2D eigenvalue weighted by molar-refractivity contribution is 14.0. The number of guanidine groups is 1. The molecule has 138 valence electrons. The maximum absolute atomic E-state index is 12.1. The molecule has 6 nitrogen and oxygen atoms in total. The Hall–Kier alpha value is -1.17. The number of benzene rings is 1. The molecule has 1 aromatic carbocycles. The van der Waals surface area contributed by atoms with Crippen LogP contribution >= 0.6 is 35.3 Å². The molecule has 2 aromatic rings. The van der Waals surface area contributed by atoms with Crippen molar-refractivity contribution >= 4 is 57.0 Å². The molecule has 0 unspecified atom stereocenters. The van der Waals surface area contributed by atoms with Crippen molar-refractivity contribution in [1.82, 2.24) is 4.72 Å². The molecule has 0 fully saturated rings. The zero-order chi connectivity index (χ0) is 17.7. The van der Waals surface area contributed by atoms with E-state index in [0.29, 0.717) is 4.21 Å². The Morgan fingerprint density at radius 2 is 1.80 bits per heavy atom. The van der Waals surface area contributed by atoms with E-state index in [1.54, 1.807) is 12.1 Å². The van der Waals surface area contributed by atoms with Crippen LogP contribution in [0, 0.1) is 20.8 Å². The molecule has 0 saturated heterocycles. The van der Waals surface area contributed by atoms with Crippen LogP contribution in [-0.2, 0) is 10.0 Å². The summed E-state index contributed by atoms with van der Waals surface area (Å²) in [6.45, 7) is 6.33. The van der Waals surface area contributed by atoms with E-state index in [0.717, 1.165) is 21.7 Å². The lowest BCUT2D eigenvalue weighted by atomic mass is 10.1. The fourth-order valence-electron chi connectivity index (χ4n) is 2.22. The minimum atomic E-state index is -3.47. The fraction of sp³-hybridized carbons (Fsp3) is 0.312. The van der Waals surface area contributed by atoms with Crippen LogP contribution in [0.2, 0.25) is 0 Å². The van der Waals surface area contributed by atoms with Gasteiger partial charge >= 0.3 is 0 Å². The van der Waals surface area contributed by atoms with E-state index in [2.05, 4.69) is 21.1 Å². The first-order valence-electron chi connectivity index (χ1n) is 7.47. The monoisotopic (exact) mass is 494 g/mol. The third-order valence-corrected chi connectivity index (χ3v) is 6.11. The fourth-order valence-corrected chi connectivity index (χ4v) is 4.57. The van der Waals surface area contributed by atoms with Gasteiger partial charge < -0.3 is 11.1 Å². The molecule has 9 heteroatoms. The van der Waals surface area contributed by atoms with Crippen LogP contribution in [0.5, 0.6) is 0 Å². The van der Waals surface area contributed by atoms with Gasteiger partial charge in [-0.1, -0.05) is 6.07 Å². The molecule has 0 aliphatic heterocycles. The maximum atomic E-state index is 12.1. The van der Waals surface area contributed by atoms with Crippen LogP contribution in [0.25, 0.3) is 0 Å². The molecule has 0 bridgehead atoms. The quantitative estimate of drug-likeness (QED) is 0.249. The zero-order valence-electron chi connectivity index (χ0n) is 14.4. The number of hydrogen-bond acceptors (Lipinski definition) is 4. The average Bonchev–Trinajstić information content (AvgIpc) is 2.90. The van der Waals surface area contributed by atoms with Crippen LogP contribution in [-0.4, -0.2) is 27.5 Å². The van der Waals surface area contributed by atoms with E-state index in [1.165, 1.54) is 11.3 Å². The van der Waals surface area contributed by atoms with Crippen molar-refractivity contribution in [2.24, 2.45) is 10.7 Å². The Labute approximate surface area is 170 Å². The van der Waals surface area contributed by atoms with E-state index < -0.39 is 10.0 Å². The lowest BCUT2D eigenvalue weighted by Gasteiger charge is -2.08. The minimum Gasteiger partial charge on any atom is -0.370 e. The van der Waals surface area contributed by atoms with Gasteiger partial charge in [-0.25, -0.2) is 13.1 Å². The summed E-state index contributed by atoms with van der Waals surface area (Å²) in [7, 11) is -3.47. The Balaban J connectivity index is 0.00000312. The topological polar surface area (TPSA) is 96.6 Å². The average molecular weight is 494 g/mol. The number of nitrogens with zero attached hydrogens (tertiary/aromatic N) is 1. The Morgan fingerprint density at radius 3 is 2.36 bits per heavy atom. The first kappa shape index (κ1) is 21.9. The first-order valence-corrected chi connectivity index (χ1v) is 9.77. The zero-order valence-corrected chi connectivity index (χ0v) is 18.3. The Morgan fingerprint density at radius 1 is 1.16 bits per heavy atom. The maximum Gasteiger partial charge on any atom is 0.250 e. The van der Waals surface area contributed by atoms with Crippen LogP contribution in [0.1, 0.15) is 16.0 Å². The van der Waals surface area contributed by atoms with Gasteiger partial charge in [-0.3, -0.25) is 4.99 Å². The van der Waals surface area contributed by atoms with E-state index in [9.17, 15) is 8.42 Å². The second-order valence-corrected chi connectivity index (χ2v) is 8.81. The van der Waals surface area contributed by atoms with Crippen LogP contribution < -0.4 is 15.8 Å². The van der Waals surface area contributed by atoms with Gasteiger partial charge in [0.15, 0.2) is 5.96 Å². The highest BCUT2D eigenvalue weighted by Gasteiger charge is 2.14. The molecule has 2 rings (SSSR count). The van der Waals surface area contributed by atoms with Crippen LogP contribution in [0.3, 0.4) is 0 Å². The van der Waals surface area contributed by atoms with Gasteiger partial charge in [0.2, 0.25) is 10.0 Å². The molecule has 4 N–H and O–H groups in total. The number of halogens is 1. The Bertz CT molecular complexity index is 827. The summed E-state index contributed by atoms with van der Waals surface area (Å²) in [5, 5.41) is 3.01. The third kappa shape index (κ3) is 6.92. The highest BCUT2D eigenvalue weighted by atomic mass is 127. The predicted octanol–water partition coefficient (Wildman–Crippen LogP) is 3.00. The summed E-state index contributed by atoms with van der Waals surface area (Å²) in [6.07, 6.45) is 0. The Kier molecular flexibility index (Phi) is 8.32. The molecular weight excluding hydrogens is 471 g/mol. The van der Waals surface area contributed by atoms with E-state index in [4.69, 9.17) is 5.73 Å². The second-order valence-electron chi connectivity index (χ2n) is 5.53. The van der Waals surface area contributed by atoms with E-state index in [-0.39, 0.29) is 43.0 Å². The third-order valence-electron chi connectivity index (χ3n) is 3.16. The molecule has 1 heterocycles. The van der Waals surface area contributed by atoms with Gasteiger partial charge in [0.1, 0.15) is 4.21 Å². The normalized spacial score (nSPS) is 11.9. The van der Waals surface area contributed by atoms with Gasteiger partial charge in [-0.15, -0.1) is 35.3 Å². The second kappa shape index (κ2) is 9.51. The largest absolute Gasteiger partial charge is 0.370 e. The summed E-state index contributed by atoms with van der Waals surface area (Å²) in [4.78, 5) is 5.09. The number of aryl methyl sites for hydroxylation is 3. The van der Waals surface area contributed by atoms with E-state index >= 15 is 0 Å². The minimum absolute atomic E-state index is 0. The number of hydrogen-bond donors (Lipinski definition) is 3. The number of sulfonamides is 1. The molecule has 0 radical (unpaired) electrons. The molecule has 0 saturated carbocycles. The molecule has 0 aliphatic rings. The molecular formula is C16H23IN4O2S2. The molecule has 0 amide bonds. The van der Waals surface area contributed by atoms with Crippen molar-refractivity contribution in [2.45, 2.75) is 25.0 Å². The number of anilines is 1. The molecule has 0 atom stereocenters.